The van der Waals surface area contributed by atoms with E-state index in [-0.39, 0.29) is 5.38 Å². The molecule has 1 aromatic rings. The van der Waals surface area contributed by atoms with Gasteiger partial charge in [-0.25, -0.2) is 0 Å². The van der Waals surface area contributed by atoms with Crippen LogP contribution in [0.25, 0.3) is 0 Å². The molecule has 15 heavy (non-hydrogen) atoms. The average molecular weight is 352 g/mol. The quantitative estimate of drug-likeness (QED) is 0.613. The van der Waals surface area contributed by atoms with Gasteiger partial charge in [0.15, 0.2) is 0 Å². The van der Waals surface area contributed by atoms with Crippen LogP contribution in [0.2, 0.25) is 0 Å². The third-order valence-corrected chi connectivity index (χ3v) is 4.95. The maximum absolute atomic E-state index is 6.51. The third-order valence-electron chi connectivity index (χ3n) is 3.20. The van der Waals surface area contributed by atoms with Crippen LogP contribution in [0.4, 0.5) is 0 Å². The van der Waals surface area contributed by atoms with E-state index in [2.05, 4.69) is 51.8 Å². The van der Waals surface area contributed by atoms with E-state index in [1.165, 1.54) is 12.0 Å². The molecule has 2 rings (SSSR count). The molecule has 82 valence electrons. The summed E-state index contributed by atoms with van der Waals surface area (Å²) in [6, 6.07) is 6.18. The van der Waals surface area contributed by atoms with Crippen LogP contribution in [0.15, 0.2) is 27.1 Å². The zero-order chi connectivity index (χ0) is 11.2. The lowest BCUT2D eigenvalue weighted by Gasteiger charge is -2.14. The fourth-order valence-corrected chi connectivity index (χ4v) is 3.56. The van der Waals surface area contributed by atoms with Crippen molar-refractivity contribution < 1.29 is 0 Å². The molecule has 1 fully saturated rings. The number of rotatable bonds is 2. The van der Waals surface area contributed by atoms with Crippen molar-refractivity contribution in [1.82, 2.24) is 0 Å². The van der Waals surface area contributed by atoms with E-state index in [0.29, 0.717) is 11.3 Å². The van der Waals surface area contributed by atoms with Crippen molar-refractivity contribution in [3.05, 3.63) is 32.7 Å². The molecule has 0 N–H and O–H groups in total. The molecular weight excluding hydrogens is 339 g/mol. The van der Waals surface area contributed by atoms with Crippen LogP contribution in [0.5, 0.6) is 0 Å². The second-order valence-electron chi connectivity index (χ2n) is 4.87. The molecule has 1 saturated carbocycles. The predicted octanol–water partition coefficient (Wildman–Crippen LogP) is 5.54. The summed E-state index contributed by atoms with van der Waals surface area (Å²) in [4.78, 5) is 0. The van der Waals surface area contributed by atoms with Crippen molar-refractivity contribution in [2.75, 3.05) is 0 Å². The molecule has 1 aromatic carbocycles. The number of alkyl halides is 1. The van der Waals surface area contributed by atoms with Crippen molar-refractivity contribution in [3.63, 3.8) is 0 Å². The highest BCUT2D eigenvalue weighted by atomic mass is 79.9. The fourth-order valence-electron chi connectivity index (χ4n) is 1.95. The topological polar surface area (TPSA) is 0 Å². The molecule has 0 heterocycles. The van der Waals surface area contributed by atoms with Gasteiger partial charge in [0.1, 0.15) is 0 Å². The second-order valence-corrected chi connectivity index (χ2v) is 7.11. The van der Waals surface area contributed by atoms with Crippen LogP contribution in [-0.2, 0) is 0 Å². The summed E-state index contributed by atoms with van der Waals surface area (Å²) in [7, 11) is 0. The lowest BCUT2D eigenvalue weighted by atomic mass is 10.0. The van der Waals surface area contributed by atoms with Crippen molar-refractivity contribution in [2.24, 2.45) is 11.3 Å². The van der Waals surface area contributed by atoms with Crippen molar-refractivity contribution in [2.45, 2.75) is 25.6 Å². The zero-order valence-corrected chi connectivity index (χ0v) is 12.7. The lowest BCUT2D eigenvalue weighted by molar-refractivity contribution is 0.547. The lowest BCUT2D eigenvalue weighted by Crippen LogP contribution is -2.00. The van der Waals surface area contributed by atoms with Crippen LogP contribution < -0.4 is 0 Å². The zero-order valence-electron chi connectivity index (χ0n) is 8.73. The molecule has 0 saturated heterocycles. The molecule has 0 aromatic heterocycles. The normalized spacial score (nSPS) is 25.0. The Morgan fingerprint density at radius 2 is 2.00 bits per heavy atom. The first kappa shape index (κ1) is 11.9. The largest absolute Gasteiger partial charge is 0.117 e. The average Bonchev–Trinajstić information content (AvgIpc) is 2.78. The molecule has 0 amide bonds. The first-order valence-corrected chi connectivity index (χ1v) is 7.03. The second kappa shape index (κ2) is 4.05. The van der Waals surface area contributed by atoms with E-state index in [0.717, 1.165) is 8.95 Å². The fraction of sp³-hybridized carbons (Fsp3) is 0.500. The molecule has 0 spiro atoms. The van der Waals surface area contributed by atoms with Crippen LogP contribution in [0.1, 0.15) is 31.2 Å². The smallest absolute Gasteiger partial charge is 0.0630 e. The van der Waals surface area contributed by atoms with Crippen LogP contribution in [0, 0.1) is 11.3 Å². The molecule has 3 heteroatoms. The molecule has 0 aliphatic heterocycles. The maximum atomic E-state index is 6.51. The first-order valence-electron chi connectivity index (χ1n) is 5.01. The standard InChI is InChI=1S/C12H13Br2Cl/c1-12(2)6-9(12)11(15)8-5-7(13)3-4-10(8)14/h3-5,9,11H,6H2,1-2H3. The molecule has 0 radical (unpaired) electrons. The molecule has 0 nitrogen and oxygen atoms in total. The summed E-state index contributed by atoms with van der Waals surface area (Å²) in [5, 5.41) is 0.117. The monoisotopic (exact) mass is 350 g/mol. The van der Waals surface area contributed by atoms with Crippen LogP contribution >= 0.6 is 43.5 Å². The Bertz CT molecular complexity index is 387. The van der Waals surface area contributed by atoms with Crippen molar-refractivity contribution >= 4 is 43.5 Å². The molecule has 2 atom stereocenters. The van der Waals surface area contributed by atoms with Gasteiger partial charge in [-0.2, -0.15) is 0 Å². The van der Waals surface area contributed by atoms with Crippen molar-refractivity contribution in [3.8, 4) is 0 Å². The molecule has 1 aliphatic rings. The number of hydrogen-bond donors (Lipinski definition) is 0. The summed E-state index contributed by atoms with van der Waals surface area (Å²) in [5.41, 5.74) is 1.61. The molecule has 1 aliphatic carbocycles. The van der Waals surface area contributed by atoms with Gasteiger partial charge in [0, 0.05) is 8.95 Å². The third kappa shape index (κ3) is 2.42. The Balaban J connectivity index is 2.26. The van der Waals surface area contributed by atoms with E-state index in [1.807, 2.05) is 12.1 Å². The molecule has 2 unspecified atom stereocenters. The van der Waals surface area contributed by atoms with Gasteiger partial charge >= 0.3 is 0 Å². The van der Waals surface area contributed by atoms with Crippen LogP contribution in [0.3, 0.4) is 0 Å². The highest BCUT2D eigenvalue weighted by molar-refractivity contribution is 9.11. The Morgan fingerprint density at radius 1 is 1.40 bits per heavy atom. The van der Waals surface area contributed by atoms with Gasteiger partial charge in [0.2, 0.25) is 0 Å². The minimum absolute atomic E-state index is 0.117. The highest BCUT2D eigenvalue weighted by Crippen LogP contribution is 2.60. The Hall–Kier alpha value is 0.470. The Morgan fingerprint density at radius 3 is 2.53 bits per heavy atom. The van der Waals surface area contributed by atoms with Gasteiger partial charge < -0.3 is 0 Å². The highest BCUT2D eigenvalue weighted by Gasteiger charge is 2.50. The van der Waals surface area contributed by atoms with Gasteiger partial charge in [-0.3, -0.25) is 0 Å². The van der Waals surface area contributed by atoms with E-state index < -0.39 is 0 Å². The maximum Gasteiger partial charge on any atom is 0.0630 e. The van der Waals surface area contributed by atoms with Crippen LogP contribution in [-0.4, -0.2) is 0 Å². The minimum atomic E-state index is 0.117. The van der Waals surface area contributed by atoms with Crippen molar-refractivity contribution in [1.29, 1.82) is 0 Å². The SMILES string of the molecule is CC1(C)CC1C(Cl)c1cc(Br)ccc1Br. The summed E-state index contributed by atoms with van der Waals surface area (Å²) < 4.78 is 2.19. The Kier molecular flexibility index (Phi) is 3.22. The van der Waals surface area contributed by atoms with E-state index in [1.54, 1.807) is 0 Å². The van der Waals surface area contributed by atoms with E-state index in [4.69, 9.17) is 11.6 Å². The summed E-state index contributed by atoms with van der Waals surface area (Å²) in [6.45, 7) is 4.55. The Labute approximate surface area is 113 Å². The van der Waals surface area contributed by atoms with Gasteiger partial charge in [0.05, 0.1) is 5.38 Å². The number of benzene rings is 1. The van der Waals surface area contributed by atoms with Gasteiger partial charge in [0.25, 0.3) is 0 Å². The van der Waals surface area contributed by atoms with Gasteiger partial charge in [-0.1, -0.05) is 45.7 Å². The van der Waals surface area contributed by atoms with Gasteiger partial charge in [-0.05, 0) is 41.5 Å². The minimum Gasteiger partial charge on any atom is -0.117 e. The summed E-state index contributed by atoms with van der Waals surface area (Å²) in [6.07, 6.45) is 1.22. The molecule has 0 bridgehead atoms. The summed E-state index contributed by atoms with van der Waals surface area (Å²) >= 11 is 13.6. The first-order chi connectivity index (χ1) is 6.92. The number of hydrogen-bond acceptors (Lipinski definition) is 0. The predicted molar refractivity (Wildman–Crippen MR) is 72.3 cm³/mol. The molecular formula is C12H13Br2Cl. The van der Waals surface area contributed by atoms with E-state index >= 15 is 0 Å². The van der Waals surface area contributed by atoms with Gasteiger partial charge in [-0.15, -0.1) is 11.6 Å². The number of halogens is 3. The van der Waals surface area contributed by atoms with E-state index in [9.17, 15) is 0 Å². The summed E-state index contributed by atoms with van der Waals surface area (Å²) in [5.74, 6) is 0.602.